The lowest BCUT2D eigenvalue weighted by atomic mass is 10.2. The molecule has 0 atom stereocenters. The van der Waals surface area contributed by atoms with Crippen LogP contribution in [0.25, 0.3) is 0 Å². The number of carbonyl (C=O) groups is 1. The summed E-state index contributed by atoms with van der Waals surface area (Å²) in [4.78, 5) is 11.7. The molecule has 2 aromatic rings. The molecule has 20 heavy (non-hydrogen) atoms. The highest BCUT2D eigenvalue weighted by Crippen LogP contribution is 2.17. The van der Waals surface area contributed by atoms with Crippen molar-refractivity contribution in [1.29, 1.82) is 0 Å². The number of hydrogen-bond donors (Lipinski definition) is 1. The van der Waals surface area contributed by atoms with Gasteiger partial charge in [0.25, 0.3) is 0 Å². The third kappa shape index (κ3) is 4.87. The molecule has 0 aliphatic heterocycles. The average Bonchev–Trinajstić information content (AvgIpc) is 2.41. The Morgan fingerprint density at radius 3 is 2.65 bits per heavy atom. The van der Waals surface area contributed by atoms with Crippen LogP contribution in [0.15, 0.2) is 48.5 Å². The van der Waals surface area contributed by atoms with Gasteiger partial charge in [-0.2, -0.15) is 0 Å². The Hall–Kier alpha value is -1.52. The Morgan fingerprint density at radius 2 is 1.95 bits per heavy atom. The minimum Gasteiger partial charge on any atom is -0.325 e. The quantitative estimate of drug-likeness (QED) is 0.889. The largest absolute Gasteiger partial charge is 0.325 e. The second kappa shape index (κ2) is 7.31. The van der Waals surface area contributed by atoms with Crippen molar-refractivity contribution in [1.82, 2.24) is 0 Å². The van der Waals surface area contributed by atoms with Gasteiger partial charge in [0, 0.05) is 16.5 Å². The van der Waals surface area contributed by atoms with Crippen LogP contribution in [0.2, 0.25) is 5.02 Å². The molecule has 2 rings (SSSR count). The van der Waals surface area contributed by atoms with Gasteiger partial charge in [0.15, 0.2) is 0 Å². The summed E-state index contributed by atoms with van der Waals surface area (Å²) >= 11 is 7.39. The van der Waals surface area contributed by atoms with Crippen LogP contribution in [0, 0.1) is 5.82 Å². The first kappa shape index (κ1) is 14.9. The lowest BCUT2D eigenvalue weighted by Gasteiger charge is -2.05. The first-order valence-electron chi connectivity index (χ1n) is 6.01. The predicted octanol–water partition coefficient (Wildman–Crippen LogP) is 4.35. The standard InChI is InChI=1S/C15H13ClFNOS/c16-12-3-1-2-11(8-12)9-20-10-15(19)18-14-6-4-13(17)5-7-14/h1-8H,9-10H2,(H,18,19). The van der Waals surface area contributed by atoms with Crippen molar-refractivity contribution in [2.75, 3.05) is 11.1 Å². The van der Waals surface area contributed by atoms with Gasteiger partial charge < -0.3 is 5.32 Å². The summed E-state index contributed by atoms with van der Waals surface area (Å²) in [6.45, 7) is 0. The average molecular weight is 310 g/mol. The minimum atomic E-state index is -0.321. The third-order valence-electron chi connectivity index (χ3n) is 2.52. The molecule has 5 heteroatoms. The summed E-state index contributed by atoms with van der Waals surface area (Å²) in [6, 6.07) is 13.3. The van der Waals surface area contributed by atoms with Crippen molar-refractivity contribution >= 4 is 35.0 Å². The molecule has 0 saturated carbocycles. The number of hydrogen-bond acceptors (Lipinski definition) is 2. The van der Waals surface area contributed by atoms with E-state index in [9.17, 15) is 9.18 Å². The van der Waals surface area contributed by atoms with Gasteiger partial charge in [-0.25, -0.2) is 4.39 Å². The van der Waals surface area contributed by atoms with Gasteiger partial charge in [0.1, 0.15) is 5.82 Å². The number of anilines is 1. The second-order valence-corrected chi connectivity index (χ2v) is 5.60. The summed E-state index contributed by atoms with van der Waals surface area (Å²) in [7, 11) is 0. The molecule has 1 N–H and O–H groups in total. The Balaban J connectivity index is 1.76. The second-order valence-electron chi connectivity index (χ2n) is 4.18. The highest BCUT2D eigenvalue weighted by Gasteiger charge is 2.03. The van der Waals surface area contributed by atoms with Crippen molar-refractivity contribution in [3.8, 4) is 0 Å². The normalized spacial score (nSPS) is 10.3. The van der Waals surface area contributed by atoms with Crippen LogP contribution in [0.1, 0.15) is 5.56 Å². The first-order chi connectivity index (χ1) is 9.63. The number of carbonyl (C=O) groups excluding carboxylic acids is 1. The van der Waals surface area contributed by atoms with Crippen molar-refractivity contribution < 1.29 is 9.18 Å². The van der Waals surface area contributed by atoms with E-state index in [1.54, 1.807) is 0 Å². The van der Waals surface area contributed by atoms with Crippen molar-refractivity contribution in [2.24, 2.45) is 0 Å². The molecular formula is C15H13ClFNOS. The fraction of sp³-hybridized carbons (Fsp3) is 0.133. The van der Waals surface area contributed by atoms with E-state index in [1.807, 2.05) is 24.3 Å². The fourth-order valence-electron chi connectivity index (χ4n) is 1.62. The smallest absolute Gasteiger partial charge is 0.234 e. The van der Waals surface area contributed by atoms with Gasteiger partial charge in [-0.15, -0.1) is 11.8 Å². The fourth-order valence-corrected chi connectivity index (χ4v) is 2.61. The highest BCUT2D eigenvalue weighted by atomic mass is 35.5. The molecule has 0 aromatic heterocycles. The Kier molecular flexibility index (Phi) is 5.44. The van der Waals surface area contributed by atoms with Crippen LogP contribution in [-0.2, 0) is 10.5 Å². The lowest BCUT2D eigenvalue weighted by molar-refractivity contribution is -0.113. The summed E-state index contributed by atoms with van der Waals surface area (Å²) in [6.07, 6.45) is 0. The summed E-state index contributed by atoms with van der Waals surface area (Å²) in [5.74, 6) is 0.628. The summed E-state index contributed by atoms with van der Waals surface area (Å²) in [5, 5.41) is 3.41. The SMILES string of the molecule is O=C(CSCc1cccc(Cl)c1)Nc1ccc(F)cc1. The number of amides is 1. The van der Waals surface area contributed by atoms with Gasteiger partial charge in [-0.05, 0) is 42.0 Å². The van der Waals surface area contributed by atoms with Crippen LogP contribution < -0.4 is 5.32 Å². The molecule has 0 radical (unpaired) electrons. The van der Waals surface area contributed by atoms with E-state index in [0.717, 1.165) is 11.3 Å². The maximum absolute atomic E-state index is 12.7. The molecule has 0 saturated heterocycles. The molecule has 0 bridgehead atoms. The number of rotatable bonds is 5. The van der Waals surface area contributed by atoms with Crippen molar-refractivity contribution in [3.05, 3.63) is 64.9 Å². The van der Waals surface area contributed by atoms with Gasteiger partial charge in [0.05, 0.1) is 5.75 Å². The minimum absolute atomic E-state index is 0.108. The molecule has 0 spiro atoms. The zero-order valence-corrected chi connectivity index (χ0v) is 12.2. The molecule has 0 aliphatic rings. The highest BCUT2D eigenvalue weighted by molar-refractivity contribution is 7.99. The van der Waals surface area contributed by atoms with Gasteiger partial charge >= 0.3 is 0 Å². The summed E-state index contributed by atoms with van der Waals surface area (Å²) < 4.78 is 12.7. The Morgan fingerprint density at radius 1 is 1.20 bits per heavy atom. The predicted molar refractivity (Wildman–Crippen MR) is 82.6 cm³/mol. The number of nitrogens with one attached hydrogen (secondary N) is 1. The molecule has 0 fully saturated rings. The van der Waals surface area contributed by atoms with Gasteiger partial charge in [-0.3, -0.25) is 4.79 Å². The van der Waals surface area contributed by atoms with E-state index in [4.69, 9.17) is 11.6 Å². The third-order valence-corrected chi connectivity index (χ3v) is 3.76. The van der Waals surface area contributed by atoms with Gasteiger partial charge in [0.2, 0.25) is 5.91 Å². The number of thioether (sulfide) groups is 1. The number of halogens is 2. The van der Waals surface area contributed by atoms with Crippen LogP contribution in [0.4, 0.5) is 10.1 Å². The van der Waals surface area contributed by atoms with E-state index in [-0.39, 0.29) is 11.7 Å². The maximum Gasteiger partial charge on any atom is 0.234 e. The van der Waals surface area contributed by atoms with Crippen LogP contribution in [-0.4, -0.2) is 11.7 Å². The molecule has 2 aromatic carbocycles. The van der Waals surface area contributed by atoms with E-state index in [0.29, 0.717) is 16.5 Å². The zero-order chi connectivity index (χ0) is 14.4. The molecule has 0 aliphatic carbocycles. The van der Waals surface area contributed by atoms with Crippen molar-refractivity contribution in [3.63, 3.8) is 0 Å². The van der Waals surface area contributed by atoms with E-state index < -0.39 is 0 Å². The summed E-state index contributed by atoms with van der Waals surface area (Å²) in [5.41, 5.74) is 1.68. The molecule has 104 valence electrons. The zero-order valence-electron chi connectivity index (χ0n) is 10.6. The molecular weight excluding hydrogens is 297 g/mol. The topological polar surface area (TPSA) is 29.1 Å². The van der Waals surface area contributed by atoms with Crippen LogP contribution in [0.3, 0.4) is 0 Å². The van der Waals surface area contributed by atoms with E-state index in [1.165, 1.54) is 36.0 Å². The Labute approximate surface area is 126 Å². The Bertz CT molecular complexity index is 589. The van der Waals surface area contributed by atoms with Crippen LogP contribution >= 0.6 is 23.4 Å². The van der Waals surface area contributed by atoms with E-state index >= 15 is 0 Å². The first-order valence-corrected chi connectivity index (χ1v) is 7.54. The van der Waals surface area contributed by atoms with E-state index in [2.05, 4.69) is 5.32 Å². The lowest BCUT2D eigenvalue weighted by Crippen LogP contribution is -2.14. The van der Waals surface area contributed by atoms with Gasteiger partial charge in [-0.1, -0.05) is 23.7 Å². The monoisotopic (exact) mass is 309 g/mol. The molecule has 1 amide bonds. The number of benzene rings is 2. The molecule has 2 nitrogen and oxygen atoms in total. The molecule has 0 unspecified atom stereocenters. The van der Waals surface area contributed by atoms with Crippen LogP contribution in [0.5, 0.6) is 0 Å². The maximum atomic E-state index is 12.7. The molecule has 0 heterocycles. The van der Waals surface area contributed by atoms with Crippen molar-refractivity contribution in [2.45, 2.75) is 5.75 Å².